The zero-order chi connectivity index (χ0) is 19.4. The molecule has 0 spiro atoms. The predicted octanol–water partition coefficient (Wildman–Crippen LogP) is 2.75. The summed E-state index contributed by atoms with van der Waals surface area (Å²) in [6.07, 6.45) is -0.538. The van der Waals surface area contributed by atoms with Gasteiger partial charge in [0, 0.05) is 24.3 Å². The molecule has 0 fully saturated rings. The second-order valence-corrected chi connectivity index (χ2v) is 6.07. The minimum atomic E-state index is -0.699. The number of rotatable bonds is 4. The van der Waals surface area contributed by atoms with E-state index in [9.17, 15) is 18.8 Å². The summed E-state index contributed by atoms with van der Waals surface area (Å²) >= 11 is 0. The third-order valence-electron chi connectivity index (χ3n) is 4.21. The smallest absolute Gasteiger partial charge is 0.407 e. The van der Waals surface area contributed by atoms with Crippen molar-refractivity contribution in [1.29, 1.82) is 0 Å². The number of nitrogens with one attached hydrogen (secondary N) is 3. The molecule has 0 bridgehead atoms. The highest BCUT2D eigenvalue weighted by atomic mass is 19.1. The van der Waals surface area contributed by atoms with E-state index in [0.717, 1.165) is 5.56 Å². The third-order valence-corrected chi connectivity index (χ3v) is 4.21. The number of amides is 3. The summed E-state index contributed by atoms with van der Waals surface area (Å²) in [5.41, 5.74) is 2.27. The molecular weight excluding hydrogens is 353 g/mol. The summed E-state index contributed by atoms with van der Waals surface area (Å²) in [5, 5.41) is 7.90. The standard InChI is InChI=1S/C19H18FN3O4/c1-27-19(26)21-10-11-2-5-13(6-3-11)22-18(25)15-9-17(24)23-16-8-12(20)4-7-14(15)16/h2-8,15H,9-10H2,1H3,(H,21,26)(H,22,25)(H,23,24). The molecule has 0 radical (unpaired) electrons. The van der Waals surface area contributed by atoms with Crippen LogP contribution in [-0.2, 0) is 20.9 Å². The summed E-state index contributed by atoms with van der Waals surface area (Å²) < 4.78 is 17.9. The number of hydrogen-bond acceptors (Lipinski definition) is 4. The third kappa shape index (κ3) is 4.41. The zero-order valence-electron chi connectivity index (χ0n) is 14.5. The molecule has 3 rings (SSSR count). The average Bonchev–Trinajstić information content (AvgIpc) is 2.66. The lowest BCUT2D eigenvalue weighted by molar-refractivity contribution is -0.123. The quantitative estimate of drug-likeness (QED) is 0.770. The van der Waals surface area contributed by atoms with Gasteiger partial charge in [0.1, 0.15) is 5.82 Å². The van der Waals surface area contributed by atoms with Gasteiger partial charge in [-0.1, -0.05) is 18.2 Å². The fourth-order valence-corrected chi connectivity index (χ4v) is 2.85. The Morgan fingerprint density at radius 2 is 1.96 bits per heavy atom. The van der Waals surface area contributed by atoms with Crippen molar-refractivity contribution in [2.45, 2.75) is 18.9 Å². The van der Waals surface area contributed by atoms with Gasteiger partial charge in [-0.05, 0) is 35.4 Å². The van der Waals surface area contributed by atoms with Crippen molar-refractivity contribution in [1.82, 2.24) is 5.32 Å². The number of halogens is 1. The zero-order valence-corrected chi connectivity index (χ0v) is 14.5. The Morgan fingerprint density at radius 3 is 2.67 bits per heavy atom. The highest BCUT2D eigenvalue weighted by Gasteiger charge is 2.31. The Labute approximate surface area is 154 Å². The molecule has 8 heteroatoms. The summed E-state index contributed by atoms with van der Waals surface area (Å²) in [5.74, 6) is -1.86. The van der Waals surface area contributed by atoms with Crippen LogP contribution in [0.5, 0.6) is 0 Å². The number of benzene rings is 2. The molecule has 1 atom stereocenters. The number of ether oxygens (including phenoxy) is 1. The topological polar surface area (TPSA) is 96.5 Å². The van der Waals surface area contributed by atoms with Crippen molar-refractivity contribution < 1.29 is 23.5 Å². The second kappa shape index (κ2) is 7.86. The van der Waals surface area contributed by atoms with Gasteiger partial charge in [0.15, 0.2) is 0 Å². The summed E-state index contributed by atoms with van der Waals surface area (Å²) in [6.45, 7) is 0.294. The fraction of sp³-hybridized carbons (Fsp3) is 0.211. The Morgan fingerprint density at radius 1 is 1.22 bits per heavy atom. The Hall–Kier alpha value is -3.42. The Bertz CT molecular complexity index is 883. The van der Waals surface area contributed by atoms with E-state index in [0.29, 0.717) is 23.5 Å². The maximum atomic E-state index is 13.4. The van der Waals surface area contributed by atoms with Crippen molar-refractivity contribution in [3.63, 3.8) is 0 Å². The molecule has 140 valence electrons. The average molecular weight is 371 g/mol. The van der Waals surface area contributed by atoms with E-state index in [2.05, 4.69) is 20.7 Å². The first kappa shape index (κ1) is 18.4. The molecule has 0 aromatic heterocycles. The number of methoxy groups -OCH3 is 1. The SMILES string of the molecule is COC(=O)NCc1ccc(NC(=O)C2CC(=O)Nc3cc(F)ccc32)cc1. The van der Waals surface area contributed by atoms with Crippen LogP contribution in [0.2, 0.25) is 0 Å². The van der Waals surface area contributed by atoms with Gasteiger partial charge in [0.2, 0.25) is 11.8 Å². The lowest BCUT2D eigenvalue weighted by Gasteiger charge is -2.25. The van der Waals surface area contributed by atoms with E-state index in [1.54, 1.807) is 24.3 Å². The minimum absolute atomic E-state index is 0.00833. The highest BCUT2D eigenvalue weighted by Crippen LogP contribution is 2.33. The molecular formula is C19H18FN3O4. The van der Waals surface area contributed by atoms with E-state index in [-0.39, 0.29) is 18.2 Å². The van der Waals surface area contributed by atoms with Gasteiger partial charge in [0.05, 0.1) is 13.0 Å². The Balaban J connectivity index is 1.69. The summed E-state index contributed by atoms with van der Waals surface area (Å²) in [7, 11) is 1.28. The van der Waals surface area contributed by atoms with Crippen LogP contribution in [0.4, 0.5) is 20.6 Å². The number of carbonyl (C=O) groups excluding carboxylic acids is 3. The monoisotopic (exact) mass is 371 g/mol. The maximum absolute atomic E-state index is 13.4. The first-order valence-electron chi connectivity index (χ1n) is 8.27. The molecule has 2 aromatic carbocycles. The van der Waals surface area contributed by atoms with Crippen LogP contribution in [0.15, 0.2) is 42.5 Å². The van der Waals surface area contributed by atoms with E-state index in [1.807, 2.05) is 0 Å². The van der Waals surface area contributed by atoms with Gasteiger partial charge in [0.25, 0.3) is 0 Å². The molecule has 27 heavy (non-hydrogen) atoms. The largest absolute Gasteiger partial charge is 0.453 e. The molecule has 0 saturated heterocycles. The molecule has 0 aliphatic carbocycles. The van der Waals surface area contributed by atoms with Crippen LogP contribution in [0.3, 0.4) is 0 Å². The van der Waals surface area contributed by atoms with Crippen LogP contribution in [0.25, 0.3) is 0 Å². The maximum Gasteiger partial charge on any atom is 0.407 e. The fourth-order valence-electron chi connectivity index (χ4n) is 2.85. The van der Waals surface area contributed by atoms with E-state index >= 15 is 0 Å². The molecule has 1 aliphatic heterocycles. The molecule has 3 amide bonds. The number of hydrogen-bond donors (Lipinski definition) is 3. The summed E-state index contributed by atoms with van der Waals surface area (Å²) in [6, 6.07) is 10.9. The van der Waals surface area contributed by atoms with Gasteiger partial charge >= 0.3 is 6.09 Å². The molecule has 0 saturated carbocycles. The minimum Gasteiger partial charge on any atom is -0.453 e. The van der Waals surface area contributed by atoms with Gasteiger partial charge < -0.3 is 20.7 Å². The normalized spacial score (nSPS) is 15.3. The second-order valence-electron chi connectivity index (χ2n) is 6.07. The van der Waals surface area contributed by atoms with Gasteiger partial charge in [-0.3, -0.25) is 9.59 Å². The molecule has 3 N–H and O–H groups in total. The van der Waals surface area contributed by atoms with Gasteiger partial charge in [-0.15, -0.1) is 0 Å². The lowest BCUT2D eigenvalue weighted by atomic mass is 9.89. The van der Waals surface area contributed by atoms with Crippen molar-refractivity contribution >= 4 is 29.3 Å². The number of anilines is 2. The van der Waals surface area contributed by atoms with Crippen molar-refractivity contribution in [3.05, 3.63) is 59.4 Å². The molecule has 1 unspecified atom stereocenters. The molecule has 2 aromatic rings. The van der Waals surface area contributed by atoms with Crippen molar-refractivity contribution in [3.8, 4) is 0 Å². The van der Waals surface area contributed by atoms with Gasteiger partial charge in [-0.2, -0.15) is 0 Å². The van der Waals surface area contributed by atoms with Gasteiger partial charge in [-0.25, -0.2) is 9.18 Å². The summed E-state index contributed by atoms with van der Waals surface area (Å²) in [4.78, 5) is 35.6. The van der Waals surface area contributed by atoms with Crippen LogP contribution >= 0.6 is 0 Å². The molecule has 1 aliphatic rings. The molecule has 1 heterocycles. The predicted molar refractivity (Wildman–Crippen MR) is 96.7 cm³/mol. The number of fused-ring (bicyclic) bond motifs is 1. The van der Waals surface area contributed by atoms with Crippen LogP contribution < -0.4 is 16.0 Å². The first-order chi connectivity index (χ1) is 13.0. The van der Waals surface area contributed by atoms with Crippen LogP contribution in [-0.4, -0.2) is 25.0 Å². The van der Waals surface area contributed by atoms with E-state index in [1.165, 1.54) is 25.3 Å². The first-order valence-corrected chi connectivity index (χ1v) is 8.27. The van der Waals surface area contributed by atoms with Crippen molar-refractivity contribution in [2.24, 2.45) is 0 Å². The Kier molecular flexibility index (Phi) is 5.35. The van der Waals surface area contributed by atoms with Crippen LogP contribution in [0.1, 0.15) is 23.5 Å². The highest BCUT2D eigenvalue weighted by molar-refractivity contribution is 6.05. The van der Waals surface area contributed by atoms with E-state index in [4.69, 9.17) is 0 Å². The molecule has 7 nitrogen and oxygen atoms in total. The number of alkyl carbamates (subject to hydrolysis) is 1. The van der Waals surface area contributed by atoms with Crippen LogP contribution in [0, 0.1) is 5.82 Å². The van der Waals surface area contributed by atoms with E-state index < -0.39 is 17.8 Å². The lowest BCUT2D eigenvalue weighted by Crippen LogP contribution is -2.30. The number of carbonyl (C=O) groups is 3. The van der Waals surface area contributed by atoms with Crippen molar-refractivity contribution in [2.75, 3.05) is 17.7 Å².